The Bertz CT molecular complexity index is 549. The van der Waals surface area contributed by atoms with Crippen molar-refractivity contribution in [3.05, 3.63) is 35.1 Å². The second-order valence-corrected chi connectivity index (χ2v) is 4.72. The Balaban J connectivity index is 2.11. The molecule has 0 amide bonds. The summed E-state index contributed by atoms with van der Waals surface area (Å²) in [4.78, 5) is 3.82. The van der Waals surface area contributed by atoms with Crippen LogP contribution in [-0.2, 0) is 10.0 Å². The van der Waals surface area contributed by atoms with E-state index in [-0.39, 0.29) is 17.2 Å². The van der Waals surface area contributed by atoms with Crippen molar-refractivity contribution in [2.75, 3.05) is 6.61 Å². The molecule has 7 heteroatoms. The molecule has 0 saturated heterocycles. The van der Waals surface area contributed by atoms with E-state index in [9.17, 15) is 8.42 Å². The first-order chi connectivity index (χ1) is 7.59. The smallest absolute Gasteiger partial charge is 0.284 e. The van der Waals surface area contributed by atoms with Gasteiger partial charge in [0.1, 0.15) is 17.3 Å². The molecule has 2 rings (SSSR count). The lowest BCUT2D eigenvalue weighted by molar-refractivity contribution is 0.356. The normalized spacial score (nSPS) is 17.8. The van der Waals surface area contributed by atoms with E-state index >= 15 is 0 Å². The molecule has 0 radical (unpaired) electrons. The highest BCUT2D eigenvalue weighted by atomic mass is 32.2. The Morgan fingerprint density at radius 3 is 2.81 bits per heavy atom. The van der Waals surface area contributed by atoms with Crippen LogP contribution in [0.15, 0.2) is 39.5 Å². The summed E-state index contributed by atoms with van der Waals surface area (Å²) in [5.41, 5.74) is 5.59. The van der Waals surface area contributed by atoms with E-state index in [2.05, 4.69) is 9.38 Å². The number of aromatic nitrogens is 1. The van der Waals surface area contributed by atoms with Crippen molar-refractivity contribution in [3.63, 3.8) is 0 Å². The highest BCUT2D eigenvalue weighted by molar-refractivity contribution is 7.94. The van der Waals surface area contributed by atoms with E-state index in [4.69, 9.17) is 10.5 Å². The van der Waals surface area contributed by atoms with Crippen LogP contribution in [0.5, 0.6) is 5.75 Å². The monoisotopic (exact) mass is 239 g/mol. The Morgan fingerprint density at radius 1 is 1.44 bits per heavy atom. The molecule has 0 bridgehead atoms. The van der Waals surface area contributed by atoms with Crippen molar-refractivity contribution in [2.24, 2.45) is 10.1 Å². The number of nitrogens with zero attached hydrogens (tertiary/aromatic N) is 2. The summed E-state index contributed by atoms with van der Waals surface area (Å²) in [6.07, 6.45) is 4.19. The predicted molar refractivity (Wildman–Crippen MR) is 58.4 cm³/mol. The SMILES string of the molecule is NC1=C(COc2cccnc2)S(=O)(=O)N=C1. The van der Waals surface area contributed by atoms with E-state index in [1.807, 2.05) is 0 Å². The number of pyridine rings is 1. The van der Waals surface area contributed by atoms with Crippen molar-refractivity contribution in [1.29, 1.82) is 0 Å². The number of hydrogen-bond acceptors (Lipinski definition) is 5. The molecular weight excluding hydrogens is 230 g/mol. The number of hydrogen-bond donors (Lipinski definition) is 1. The minimum absolute atomic E-state index is 0.0173. The molecule has 0 atom stereocenters. The number of allylic oxidation sites excluding steroid dienone is 1. The predicted octanol–water partition coefficient (Wildman–Crippen LogP) is 0.0449. The van der Waals surface area contributed by atoms with Gasteiger partial charge in [-0.05, 0) is 12.1 Å². The Morgan fingerprint density at radius 2 is 2.25 bits per heavy atom. The van der Waals surface area contributed by atoms with Crippen LogP contribution in [0.4, 0.5) is 0 Å². The molecular formula is C9H9N3O3S. The summed E-state index contributed by atoms with van der Waals surface area (Å²) in [5.74, 6) is 0.477. The molecule has 16 heavy (non-hydrogen) atoms. The van der Waals surface area contributed by atoms with Crippen LogP contribution < -0.4 is 10.5 Å². The van der Waals surface area contributed by atoms with Gasteiger partial charge in [-0.25, -0.2) is 0 Å². The second kappa shape index (κ2) is 3.93. The number of nitrogens with two attached hydrogens (primary N) is 1. The molecule has 84 valence electrons. The lowest BCUT2D eigenvalue weighted by Crippen LogP contribution is -2.12. The molecule has 0 aliphatic carbocycles. The summed E-state index contributed by atoms with van der Waals surface area (Å²) >= 11 is 0. The fraction of sp³-hybridized carbons (Fsp3) is 0.111. The standard InChI is InChI=1S/C9H9N3O3S/c10-8-5-12-16(13,14)9(8)6-15-7-2-1-3-11-4-7/h1-5H,6,10H2. The van der Waals surface area contributed by atoms with E-state index in [1.54, 1.807) is 18.3 Å². The van der Waals surface area contributed by atoms with Crippen LogP contribution in [0.25, 0.3) is 0 Å². The highest BCUT2D eigenvalue weighted by Crippen LogP contribution is 2.18. The Hall–Kier alpha value is -1.89. The minimum Gasteiger partial charge on any atom is -0.486 e. The maximum atomic E-state index is 11.4. The van der Waals surface area contributed by atoms with E-state index in [0.29, 0.717) is 5.75 Å². The van der Waals surface area contributed by atoms with Gasteiger partial charge in [0.15, 0.2) is 0 Å². The van der Waals surface area contributed by atoms with Gasteiger partial charge >= 0.3 is 0 Å². The van der Waals surface area contributed by atoms with Crippen LogP contribution in [0, 0.1) is 0 Å². The average Bonchev–Trinajstić information content (AvgIpc) is 2.52. The molecule has 1 aromatic heterocycles. The van der Waals surface area contributed by atoms with Gasteiger partial charge < -0.3 is 10.5 Å². The lowest BCUT2D eigenvalue weighted by Gasteiger charge is -2.05. The zero-order chi connectivity index (χ0) is 11.6. The van der Waals surface area contributed by atoms with Gasteiger partial charge in [-0.3, -0.25) is 4.98 Å². The minimum atomic E-state index is -3.63. The van der Waals surface area contributed by atoms with Gasteiger partial charge in [-0.2, -0.15) is 12.8 Å². The van der Waals surface area contributed by atoms with Crippen molar-refractivity contribution in [1.82, 2.24) is 4.98 Å². The third-order valence-electron chi connectivity index (χ3n) is 1.97. The fourth-order valence-corrected chi connectivity index (χ4v) is 2.09. The first-order valence-corrected chi connectivity index (χ1v) is 5.85. The maximum absolute atomic E-state index is 11.4. The highest BCUT2D eigenvalue weighted by Gasteiger charge is 2.24. The summed E-state index contributed by atoms with van der Waals surface area (Å²) in [6, 6.07) is 3.36. The van der Waals surface area contributed by atoms with Crippen LogP contribution >= 0.6 is 0 Å². The van der Waals surface area contributed by atoms with Crippen LogP contribution in [0.1, 0.15) is 0 Å². The van der Waals surface area contributed by atoms with Gasteiger partial charge in [-0.15, -0.1) is 0 Å². The van der Waals surface area contributed by atoms with Gasteiger partial charge in [-0.1, -0.05) is 0 Å². The van der Waals surface area contributed by atoms with E-state index in [0.717, 1.165) is 6.21 Å². The average molecular weight is 239 g/mol. The van der Waals surface area contributed by atoms with Gasteiger partial charge in [0, 0.05) is 6.20 Å². The third-order valence-corrected chi connectivity index (χ3v) is 3.33. The molecule has 1 aliphatic rings. The molecule has 6 nitrogen and oxygen atoms in total. The zero-order valence-electron chi connectivity index (χ0n) is 8.20. The molecule has 0 spiro atoms. The summed E-state index contributed by atoms with van der Waals surface area (Å²) < 4.78 is 31.3. The van der Waals surface area contributed by atoms with Crippen molar-refractivity contribution in [3.8, 4) is 5.75 Å². The maximum Gasteiger partial charge on any atom is 0.284 e. The van der Waals surface area contributed by atoms with Gasteiger partial charge in [0.2, 0.25) is 0 Å². The first-order valence-electron chi connectivity index (χ1n) is 4.41. The molecule has 0 fully saturated rings. The lowest BCUT2D eigenvalue weighted by atomic mass is 10.4. The van der Waals surface area contributed by atoms with E-state index in [1.165, 1.54) is 6.20 Å². The third kappa shape index (κ3) is 2.03. The Kier molecular flexibility index (Phi) is 2.61. The zero-order valence-corrected chi connectivity index (χ0v) is 9.02. The Labute approximate surface area is 92.5 Å². The first kappa shape index (κ1) is 10.6. The topological polar surface area (TPSA) is 94.6 Å². The summed E-state index contributed by atoms with van der Waals surface area (Å²) in [7, 11) is -3.63. The van der Waals surface area contributed by atoms with Crippen LogP contribution in [0.3, 0.4) is 0 Å². The second-order valence-electron chi connectivity index (χ2n) is 3.07. The number of ether oxygens (including phenoxy) is 1. The molecule has 1 aliphatic heterocycles. The van der Waals surface area contributed by atoms with Crippen LogP contribution in [0.2, 0.25) is 0 Å². The van der Waals surface area contributed by atoms with Crippen molar-refractivity contribution in [2.45, 2.75) is 0 Å². The van der Waals surface area contributed by atoms with Crippen LogP contribution in [-0.4, -0.2) is 26.2 Å². The largest absolute Gasteiger partial charge is 0.486 e. The van der Waals surface area contributed by atoms with E-state index < -0.39 is 10.0 Å². The van der Waals surface area contributed by atoms with Crippen molar-refractivity contribution < 1.29 is 13.2 Å². The molecule has 0 aromatic carbocycles. The summed E-state index contributed by atoms with van der Waals surface area (Å²) in [6.45, 7) is -0.139. The molecule has 2 heterocycles. The summed E-state index contributed by atoms with van der Waals surface area (Å²) in [5, 5.41) is 0. The quantitative estimate of drug-likeness (QED) is 0.803. The molecule has 2 N–H and O–H groups in total. The number of sulfonamides is 1. The molecule has 0 unspecified atom stereocenters. The van der Waals surface area contributed by atoms with Gasteiger partial charge in [0.05, 0.1) is 18.1 Å². The molecule has 1 aromatic rings. The fourth-order valence-electron chi connectivity index (χ4n) is 1.15. The van der Waals surface area contributed by atoms with Gasteiger partial charge in [0.25, 0.3) is 10.0 Å². The van der Waals surface area contributed by atoms with Crippen molar-refractivity contribution >= 4 is 16.2 Å². The molecule has 0 saturated carbocycles. The number of rotatable bonds is 3.